The smallest absolute Gasteiger partial charge is 0.277 e. The number of nitrogens with one attached hydrogen (secondary N) is 1. The number of amides is 1. The first kappa shape index (κ1) is 11.1. The molecule has 17 heavy (non-hydrogen) atoms. The van der Waals surface area contributed by atoms with E-state index in [9.17, 15) is 4.79 Å². The van der Waals surface area contributed by atoms with Crippen LogP contribution in [0.15, 0.2) is 24.7 Å². The Kier molecular flexibility index (Phi) is 2.99. The number of nitrogens with two attached hydrogens (primary N) is 1. The topological polar surface area (TPSA) is 98.7 Å². The zero-order valence-electron chi connectivity index (χ0n) is 9.29. The second-order valence-electron chi connectivity index (χ2n) is 3.34. The minimum absolute atomic E-state index is 0.163. The Morgan fingerprint density at radius 3 is 3.00 bits per heavy atom. The molecule has 0 spiro atoms. The minimum Gasteiger partial charge on any atom is -0.382 e. The van der Waals surface area contributed by atoms with Crippen molar-refractivity contribution in [3.8, 4) is 0 Å². The molecule has 0 unspecified atom stereocenters. The molecule has 0 aliphatic rings. The van der Waals surface area contributed by atoms with Crippen molar-refractivity contribution in [1.82, 2.24) is 19.7 Å². The van der Waals surface area contributed by atoms with Crippen LogP contribution in [0.5, 0.6) is 0 Å². The lowest BCUT2D eigenvalue weighted by molar-refractivity contribution is 0.102. The van der Waals surface area contributed by atoms with Crippen molar-refractivity contribution in [3.05, 3.63) is 30.4 Å². The number of carbonyl (C=O) groups is 1. The van der Waals surface area contributed by atoms with Crippen molar-refractivity contribution < 1.29 is 4.79 Å². The fourth-order valence-corrected chi connectivity index (χ4v) is 1.28. The lowest BCUT2D eigenvalue weighted by atomic mass is 10.4. The molecule has 2 rings (SSSR count). The van der Waals surface area contributed by atoms with Gasteiger partial charge in [-0.05, 0) is 6.92 Å². The second kappa shape index (κ2) is 4.60. The Bertz CT molecular complexity index is 535. The molecule has 0 aromatic carbocycles. The third kappa shape index (κ3) is 2.57. The highest BCUT2D eigenvalue weighted by atomic mass is 16.2. The van der Waals surface area contributed by atoms with Gasteiger partial charge >= 0.3 is 0 Å². The van der Waals surface area contributed by atoms with Gasteiger partial charge in [-0.1, -0.05) is 0 Å². The van der Waals surface area contributed by atoms with Gasteiger partial charge in [0, 0.05) is 18.8 Å². The Morgan fingerprint density at radius 2 is 2.35 bits per heavy atom. The molecule has 7 heteroatoms. The molecule has 0 saturated heterocycles. The Labute approximate surface area is 97.7 Å². The molecule has 2 aromatic rings. The van der Waals surface area contributed by atoms with Gasteiger partial charge in [0.25, 0.3) is 5.91 Å². The summed E-state index contributed by atoms with van der Waals surface area (Å²) in [5.74, 6) is 0.295. The van der Waals surface area contributed by atoms with E-state index in [1.165, 1.54) is 12.4 Å². The molecular formula is C10H12N6O. The first-order valence-corrected chi connectivity index (χ1v) is 5.11. The number of hydrogen-bond donors (Lipinski definition) is 2. The molecule has 0 saturated carbocycles. The third-order valence-electron chi connectivity index (χ3n) is 2.09. The molecule has 0 radical (unpaired) electrons. The largest absolute Gasteiger partial charge is 0.382 e. The maximum atomic E-state index is 11.7. The zero-order chi connectivity index (χ0) is 12.3. The highest BCUT2D eigenvalue weighted by Gasteiger charge is 2.09. The number of carbonyl (C=O) groups excluding carboxylic acids is 1. The van der Waals surface area contributed by atoms with Gasteiger partial charge in [0.05, 0.1) is 12.4 Å². The van der Waals surface area contributed by atoms with Crippen LogP contribution >= 0.6 is 0 Å². The van der Waals surface area contributed by atoms with Gasteiger partial charge in [-0.15, -0.1) is 0 Å². The van der Waals surface area contributed by atoms with Crippen LogP contribution in [0.25, 0.3) is 0 Å². The molecule has 0 aliphatic heterocycles. The van der Waals surface area contributed by atoms with Crippen molar-refractivity contribution in [3.63, 3.8) is 0 Å². The Morgan fingerprint density at radius 1 is 1.53 bits per heavy atom. The molecule has 0 bridgehead atoms. The van der Waals surface area contributed by atoms with Crippen LogP contribution in [0, 0.1) is 0 Å². The molecule has 7 nitrogen and oxygen atoms in total. The lowest BCUT2D eigenvalue weighted by Gasteiger charge is -2.01. The molecule has 3 N–H and O–H groups in total. The molecule has 88 valence electrons. The summed E-state index contributed by atoms with van der Waals surface area (Å²) >= 11 is 0. The van der Waals surface area contributed by atoms with Gasteiger partial charge in [0.2, 0.25) is 0 Å². The van der Waals surface area contributed by atoms with E-state index in [2.05, 4.69) is 20.4 Å². The second-order valence-corrected chi connectivity index (χ2v) is 3.34. The van der Waals surface area contributed by atoms with E-state index in [-0.39, 0.29) is 17.4 Å². The van der Waals surface area contributed by atoms with Crippen molar-refractivity contribution >= 4 is 17.5 Å². The SMILES string of the molecule is CCn1ccc(NC(=O)c2cncc(N)n2)n1. The standard InChI is InChI=1S/C10H12N6O/c1-2-16-4-3-9(15-16)14-10(17)7-5-12-6-8(11)13-7/h3-6H,2H2,1H3,(H2,11,13)(H,14,15,17). The van der Waals surface area contributed by atoms with Gasteiger partial charge in [-0.3, -0.25) is 14.5 Å². The lowest BCUT2D eigenvalue weighted by Crippen LogP contribution is -2.15. The molecular weight excluding hydrogens is 220 g/mol. The van der Waals surface area contributed by atoms with Crippen molar-refractivity contribution in [2.45, 2.75) is 13.5 Å². The monoisotopic (exact) mass is 232 g/mol. The number of aryl methyl sites for hydroxylation is 1. The van der Waals surface area contributed by atoms with Crippen LogP contribution < -0.4 is 11.1 Å². The average molecular weight is 232 g/mol. The molecule has 2 heterocycles. The van der Waals surface area contributed by atoms with Crippen molar-refractivity contribution in [1.29, 1.82) is 0 Å². The van der Waals surface area contributed by atoms with Crippen LogP contribution in [0.3, 0.4) is 0 Å². The van der Waals surface area contributed by atoms with Crippen molar-refractivity contribution in [2.75, 3.05) is 11.1 Å². The fourth-order valence-electron chi connectivity index (χ4n) is 1.28. The number of aromatic nitrogens is 4. The van der Waals surface area contributed by atoms with E-state index in [1.807, 2.05) is 6.92 Å². The predicted octanol–water partition coefficient (Wildman–Crippen LogP) is 0.527. The minimum atomic E-state index is -0.383. The normalized spacial score (nSPS) is 10.2. The molecule has 0 atom stereocenters. The van der Waals surface area contributed by atoms with E-state index >= 15 is 0 Å². The summed E-state index contributed by atoms with van der Waals surface area (Å²) in [6.07, 6.45) is 4.51. The number of rotatable bonds is 3. The van der Waals surface area contributed by atoms with Crippen LogP contribution in [0.4, 0.5) is 11.6 Å². The summed E-state index contributed by atoms with van der Waals surface area (Å²) in [6.45, 7) is 2.70. The Balaban J connectivity index is 2.11. The number of anilines is 2. The number of hydrogen-bond acceptors (Lipinski definition) is 5. The van der Waals surface area contributed by atoms with Gasteiger partial charge in [0.15, 0.2) is 5.82 Å². The third-order valence-corrected chi connectivity index (χ3v) is 2.09. The predicted molar refractivity (Wildman–Crippen MR) is 62.3 cm³/mol. The van der Waals surface area contributed by atoms with E-state index in [1.54, 1.807) is 16.9 Å². The summed E-state index contributed by atoms with van der Waals surface area (Å²) in [7, 11) is 0. The maximum absolute atomic E-state index is 11.7. The maximum Gasteiger partial charge on any atom is 0.277 e. The summed E-state index contributed by atoms with van der Waals surface area (Å²) in [6, 6.07) is 1.71. The molecule has 0 aliphatic carbocycles. The first-order valence-electron chi connectivity index (χ1n) is 5.11. The first-order chi connectivity index (χ1) is 8.19. The molecule has 1 amide bonds. The van der Waals surface area contributed by atoms with Gasteiger partial charge in [-0.25, -0.2) is 4.98 Å². The van der Waals surface area contributed by atoms with Crippen LogP contribution in [-0.4, -0.2) is 25.7 Å². The van der Waals surface area contributed by atoms with Gasteiger partial charge in [-0.2, -0.15) is 5.10 Å². The average Bonchev–Trinajstić information content (AvgIpc) is 2.77. The summed E-state index contributed by atoms with van der Waals surface area (Å²) in [5, 5.41) is 6.73. The van der Waals surface area contributed by atoms with E-state index in [0.717, 1.165) is 6.54 Å². The van der Waals surface area contributed by atoms with Crippen LogP contribution in [-0.2, 0) is 6.54 Å². The number of nitrogen functional groups attached to an aromatic ring is 1. The summed E-state index contributed by atoms with van der Waals surface area (Å²) in [5.41, 5.74) is 5.61. The van der Waals surface area contributed by atoms with E-state index < -0.39 is 0 Å². The quantitative estimate of drug-likeness (QED) is 0.804. The Hall–Kier alpha value is -2.44. The zero-order valence-corrected chi connectivity index (χ0v) is 9.29. The molecule has 0 fully saturated rings. The van der Waals surface area contributed by atoms with Gasteiger partial charge < -0.3 is 11.1 Å². The number of nitrogens with zero attached hydrogens (tertiary/aromatic N) is 4. The fraction of sp³-hybridized carbons (Fsp3) is 0.200. The molecule has 2 aromatic heterocycles. The summed E-state index contributed by atoms with van der Waals surface area (Å²) < 4.78 is 1.71. The highest BCUT2D eigenvalue weighted by Crippen LogP contribution is 2.05. The van der Waals surface area contributed by atoms with Crippen LogP contribution in [0.2, 0.25) is 0 Å². The van der Waals surface area contributed by atoms with E-state index in [4.69, 9.17) is 5.73 Å². The van der Waals surface area contributed by atoms with Crippen molar-refractivity contribution in [2.24, 2.45) is 0 Å². The van der Waals surface area contributed by atoms with Crippen LogP contribution in [0.1, 0.15) is 17.4 Å². The van der Waals surface area contributed by atoms with E-state index in [0.29, 0.717) is 5.82 Å². The van der Waals surface area contributed by atoms with Gasteiger partial charge in [0.1, 0.15) is 11.5 Å². The highest BCUT2D eigenvalue weighted by molar-refractivity contribution is 6.02. The summed E-state index contributed by atoms with van der Waals surface area (Å²) in [4.78, 5) is 19.4.